The highest BCUT2D eigenvalue weighted by Crippen LogP contribution is 2.08. The lowest BCUT2D eigenvalue weighted by atomic mass is 10.1. The van der Waals surface area contributed by atoms with Crippen molar-refractivity contribution in [3.05, 3.63) is 0 Å². The van der Waals surface area contributed by atoms with Crippen molar-refractivity contribution in [3.8, 4) is 0 Å². The van der Waals surface area contributed by atoms with E-state index in [0.29, 0.717) is 25.9 Å². The van der Waals surface area contributed by atoms with Crippen LogP contribution in [0.5, 0.6) is 0 Å². The molecule has 92 valence electrons. The number of rotatable bonds is 0. The molecule has 0 aromatic rings. The summed E-state index contributed by atoms with van der Waals surface area (Å²) < 4.78 is 0. The maximum atomic E-state index is 11.3. The van der Waals surface area contributed by atoms with Gasteiger partial charge in [-0.1, -0.05) is 25.7 Å². The Kier molecular flexibility index (Phi) is 6.61. The van der Waals surface area contributed by atoms with E-state index >= 15 is 0 Å². The number of hydrogen-bond donors (Lipinski definition) is 2. The van der Waals surface area contributed by atoms with E-state index in [1.54, 1.807) is 0 Å². The summed E-state index contributed by atoms with van der Waals surface area (Å²) in [5.74, 6) is 0.206. The first-order valence-electron chi connectivity index (χ1n) is 6.32. The van der Waals surface area contributed by atoms with E-state index in [4.69, 9.17) is 0 Å². The smallest absolute Gasteiger partial charge is 0.220 e. The molecule has 16 heavy (non-hydrogen) atoms. The van der Waals surface area contributed by atoms with Gasteiger partial charge in [-0.25, -0.2) is 0 Å². The summed E-state index contributed by atoms with van der Waals surface area (Å²) in [7, 11) is 0. The zero-order chi connectivity index (χ0) is 11.6. The van der Waals surface area contributed by atoms with E-state index < -0.39 is 0 Å². The lowest BCUT2D eigenvalue weighted by Crippen LogP contribution is -2.34. The maximum Gasteiger partial charge on any atom is 0.220 e. The van der Waals surface area contributed by atoms with Crippen molar-refractivity contribution >= 4 is 11.8 Å². The highest BCUT2D eigenvalue weighted by molar-refractivity contribution is 5.77. The van der Waals surface area contributed by atoms with Crippen LogP contribution in [-0.4, -0.2) is 24.9 Å². The van der Waals surface area contributed by atoms with Crippen molar-refractivity contribution in [1.29, 1.82) is 0 Å². The topological polar surface area (TPSA) is 58.2 Å². The SMILES string of the molecule is O=C1CCCCCCCCC(=O)NCCN1. The first-order chi connectivity index (χ1) is 7.79. The van der Waals surface area contributed by atoms with Crippen LogP contribution in [0, 0.1) is 0 Å². The van der Waals surface area contributed by atoms with E-state index in [9.17, 15) is 9.59 Å². The Bertz CT molecular complexity index is 205. The molecular weight excluding hydrogens is 204 g/mol. The van der Waals surface area contributed by atoms with Crippen LogP contribution in [0.4, 0.5) is 0 Å². The molecule has 2 N–H and O–H groups in total. The molecule has 1 fully saturated rings. The molecule has 2 amide bonds. The van der Waals surface area contributed by atoms with Gasteiger partial charge in [-0.3, -0.25) is 9.59 Å². The fraction of sp³-hybridized carbons (Fsp3) is 0.833. The molecule has 0 atom stereocenters. The summed E-state index contributed by atoms with van der Waals surface area (Å²) >= 11 is 0. The molecule has 1 rings (SSSR count). The summed E-state index contributed by atoms with van der Waals surface area (Å²) in [6.07, 6.45) is 7.81. The van der Waals surface area contributed by atoms with Crippen LogP contribution in [0.2, 0.25) is 0 Å². The number of hydrogen-bond acceptors (Lipinski definition) is 2. The molecule has 4 heteroatoms. The van der Waals surface area contributed by atoms with Gasteiger partial charge in [0, 0.05) is 25.9 Å². The summed E-state index contributed by atoms with van der Waals surface area (Å²) in [4.78, 5) is 22.6. The predicted molar refractivity (Wildman–Crippen MR) is 63.0 cm³/mol. The van der Waals surface area contributed by atoms with E-state index in [-0.39, 0.29) is 11.8 Å². The van der Waals surface area contributed by atoms with Gasteiger partial charge in [0.2, 0.25) is 11.8 Å². The van der Waals surface area contributed by atoms with E-state index in [1.807, 2.05) is 0 Å². The lowest BCUT2D eigenvalue weighted by molar-refractivity contribution is -0.123. The van der Waals surface area contributed by atoms with Crippen LogP contribution in [0.25, 0.3) is 0 Å². The Morgan fingerprint density at radius 1 is 0.625 bits per heavy atom. The van der Waals surface area contributed by atoms with Gasteiger partial charge in [-0.05, 0) is 12.8 Å². The summed E-state index contributed by atoms with van der Waals surface area (Å²) in [6.45, 7) is 1.09. The van der Waals surface area contributed by atoms with Crippen molar-refractivity contribution < 1.29 is 9.59 Å². The Labute approximate surface area is 97.2 Å². The number of nitrogens with one attached hydrogen (secondary N) is 2. The van der Waals surface area contributed by atoms with Crippen LogP contribution in [0.1, 0.15) is 51.4 Å². The zero-order valence-corrected chi connectivity index (χ0v) is 9.89. The van der Waals surface area contributed by atoms with Crippen LogP contribution < -0.4 is 10.6 Å². The molecule has 1 saturated heterocycles. The normalized spacial score (nSPS) is 21.8. The van der Waals surface area contributed by atoms with Crippen molar-refractivity contribution in [1.82, 2.24) is 10.6 Å². The second-order valence-corrected chi connectivity index (χ2v) is 4.32. The molecule has 1 heterocycles. The Morgan fingerprint density at radius 2 is 1.00 bits per heavy atom. The fourth-order valence-electron chi connectivity index (χ4n) is 1.86. The van der Waals surface area contributed by atoms with E-state index in [0.717, 1.165) is 25.7 Å². The minimum absolute atomic E-state index is 0.103. The molecule has 0 spiro atoms. The predicted octanol–water partition coefficient (Wildman–Crippen LogP) is 1.35. The highest BCUT2D eigenvalue weighted by Gasteiger charge is 2.04. The Morgan fingerprint density at radius 3 is 1.44 bits per heavy atom. The maximum absolute atomic E-state index is 11.3. The van der Waals surface area contributed by atoms with Gasteiger partial charge in [0.1, 0.15) is 0 Å². The first kappa shape index (κ1) is 13.0. The highest BCUT2D eigenvalue weighted by atomic mass is 16.2. The van der Waals surface area contributed by atoms with Gasteiger partial charge < -0.3 is 10.6 Å². The number of carbonyl (C=O) groups excluding carboxylic acids is 2. The second kappa shape index (κ2) is 8.13. The fourth-order valence-corrected chi connectivity index (χ4v) is 1.86. The minimum atomic E-state index is 0.103. The van der Waals surface area contributed by atoms with Gasteiger partial charge in [-0.15, -0.1) is 0 Å². The molecule has 0 unspecified atom stereocenters. The van der Waals surface area contributed by atoms with Crippen molar-refractivity contribution in [2.24, 2.45) is 0 Å². The van der Waals surface area contributed by atoms with Crippen LogP contribution >= 0.6 is 0 Å². The summed E-state index contributed by atoms with van der Waals surface area (Å²) in [5.41, 5.74) is 0. The molecule has 0 aromatic heterocycles. The third-order valence-corrected chi connectivity index (χ3v) is 2.83. The quantitative estimate of drug-likeness (QED) is 0.655. The van der Waals surface area contributed by atoms with Crippen LogP contribution in [-0.2, 0) is 9.59 Å². The molecule has 0 saturated carbocycles. The second-order valence-electron chi connectivity index (χ2n) is 4.32. The summed E-state index contributed by atoms with van der Waals surface area (Å²) in [5, 5.41) is 5.61. The van der Waals surface area contributed by atoms with Crippen molar-refractivity contribution in [2.45, 2.75) is 51.4 Å². The van der Waals surface area contributed by atoms with E-state index in [1.165, 1.54) is 12.8 Å². The van der Waals surface area contributed by atoms with Crippen molar-refractivity contribution in [3.63, 3.8) is 0 Å². The lowest BCUT2D eigenvalue weighted by Gasteiger charge is -2.08. The van der Waals surface area contributed by atoms with Crippen molar-refractivity contribution in [2.75, 3.05) is 13.1 Å². The third kappa shape index (κ3) is 6.43. The molecule has 0 radical (unpaired) electrons. The minimum Gasteiger partial charge on any atom is -0.354 e. The van der Waals surface area contributed by atoms with Gasteiger partial charge in [0.15, 0.2) is 0 Å². The molecule has 0 aliphatic carbocycles. The zero-order valence-electron chi connectivity index (χ0n) is 9.89. The van der Waals surface area contributed by atoms with Gasteiger partial charge in [-0.2, -0.15) is 0 Å². The first-order valence-corrected chi connectivity index (χ1v) is 6.32. The largest absolute Gasteiger partial charge is 0.354 e. The monoisotopic (exact) mass is 226 g/mol. The van der Waals surface area contributed by atoms with Gasteiger partial charge in [0.05, 0.1) is 0 Å². The molecule has 4 nitrogen and oxygen atoms in total. The Balaban J connectivity index is 2.24. The standard InChI is InChI=1S/C12H22N2O2/c15-11-7-5-3-1-2-4-6-8-12(16)14-10-9-13-11/h1-10H2,(H,13,15)(H,14,16). The Hall–Kier alpha value is -1.06. The average Bonchev–Trinajstić information content (AvgIpc) is 2.27. The molecule has 1 aliphatic heterocycles. The number of carbonyl (C=O) groups is 2. The average molecular weight is 226 g/mol. The molecular formula is C12H22N2O2. The van der Waals surface area contributed by atoms with Crippen LogP contribution in [0.15, 0.2) is 0 Å². The van der Waals surface area contributed by atoms with Crippen LogP contribution in [0.3, 0.4) is 0 Å². The molecule has 1 aliphatic rings. The summed E-state index contributed by atoms with van der Waals surface area (Å²) in [6, 6.07) is 0. The van der Waals surface area contributed by atoms with Gasteiger partial charge >= 0.3 is 0 Å². The molecule has 0 aromatic carbocycles. The molecule has 0 bridgehead atoms. The number of amides is 2. The van der Waals surface area contributed by atoms with Gasteiger partial charge in [0.25, 0.3) is 0 Å². The van der Waals surface area contributed by atoms with E-state index in [2.05, 4.69) is 10.6 Å². The third-order valence-electron chi connectivity index (χ3n) is 2.83.